The Bertz CT molecular complexity index is 1100. The Morgan fingerprint density at radius 2 is 0.848 bits per heavy atom. The van der Waals surface area contributed by atoms with E-state index in [-0.39, 0.29) is 64.0 Å². The van der Waals surface area contributed by atoms with Gasteiger partial charge in [0.25, 0.3) is 0 Å². The molecule has 0 saturated carbocycles. The minimum Gasteiger partial charge on any atom is -1.00 e. The fourth-order valence-corrected chi connectivity index (χ4v) is 3.02. The minimum absolute atomic E-state index is 0. The van der Waals surface area contributed by atoms with Gasteiger partial charge in [-0.3, -0.25) is 0 Å². The predicted molar refractivity (Wildman–Crippen MR) is 132 cm³/mol. The Labute approximate surface area is 239 Å². The van der Waals surface area contributed by atoms with E-state index in [9.17, 15) is 8.78 Å². The van der Waals surface area contributed by atoms with E-state index in [1.54, 1.807) is 12.1 Å². The van der Waals surface area contributed by atoms with E-state index in [1.165, 1.54) is 36.4 Å². The van der Waals surface area contributed by atoms with Crippen LogP contribution in [-0.4, -0.2) is 53.0 Å². The maximum atomic E-state index is 12.7. The molecule has 33 heavy (non-hydrogen) atoms. The summed E-state index contributed by atoms with van der Waals surface area (Å²) in [4.78, 5) is 21.7. The molecule has 0 saturated heterocycles. The summed E-state index contributed by atoms with van der Waals surface area (Å²) in [5, 5.41) is 0.0173. The van der Waals surface area contributed by atoms with Gasteiger partial charge in [0.2, 0.25) is 26.4 Å². The van der Waals surface area contributed by atoms with Crippen LogP contribution in [-0.2, 0) is 0 Å². The first-order chi connectivity index (χ1) is 15.1. The first-order valence-corrected chi connectivity index (χ1v) is 10.8. The van der Waals surface area contributed by atoms with Crippen LogP contribution in [0.1, 0.15) is 2.85 Å². The van der Waals surface area contributed by atoms with Crippen LogP contribution in [0.3, 0.4) is 0 Å². The van der Waals surface area contributed by atoms with Crippen molar-refractivity contribution in [1.82, 2.24) is 29.9 Å². The molecule has 0 amide bonds. The van der Waals surface area contributed by atoms with Crippen molar-refractivity contribution in [1.29, 1.82) is 0 Å². The first kappa shape index (κ1) is 30.0. The molecule has 0 atom stereocenters. The average molecular weight is 630 g/mol. The van der Waals surface area contributed by atoms with E-state index >= 15 is 0 Å². The van der Waals surface area contributed by atoms with Crippen molar-refractivity contribution in [3.8, 4) is 11.4 Å². The van der Waals surface area contributed by atoms with Crippen LogP contribution in [0.2, 0.25) is 26.4 Å². The molecular weight excluding hydrogens is 620 g/mol. The maximum Gasteiger partial charge on any atom is 2.00 e. The topological polar surface area (TPSA) is 77.3 Å². The van der Waals surface area contributed by atoms with Gasteiger partial charge in [-0.15, -0.1) is 0 Å². The van der Waals surface area contributed by atoms with Crippen molar-refractivity contribution in [3.63, 3.8) is 0 Å². The second-order valence-electron chi connectivity index (χ2n) is 5.28. The van der Waals surface area contributed by atoms with Gasteiger partial charge in [-0.05, 0) is 107 Å². The maximum absolute atomic E-state index is 12.7. The molecule has 2 aromatic carbocycles. The van der Waals surface area contributed by atoms with Gasteiger partial charge in [0.05, 0.1) is 0 Å². The summed E-state index contributed by atoms with van der Waals surface area (Å²) >= 11 is 30.4. The van der Waals surface area contributed by atoms with Crippen LogP contribution in [0.15, 0.2) is 53.0 Å². The summed E-state index contributed by atoms with van der Waals surface area (Å²) in [6.07, 6.45) is 0. The number of rotatable bonds is 1. The molecule has 170 valence electrons. The van der Waals surface area contributed by atoms with Gasteiger partial charge in [-0.1, -0.05) is 15.9 Å². The Kier molecular flexibility index (Phi) is 13.8. The second-order valence-corrected chi connectivity index (χ2v) is 7.89. The SMILES string of the molecule is Clc1nc(Cl)nc(Cl)n1.Fc1ccc(-c2nc(Cl)nc(Cl)n2)cc1.Fc1ccc(Br)cc1.[H-].[H-].[Mg+2]. The fraction of sp³-hybridized carbons (Fsp3) is 0. The third-order valence-corrected chi connectivity index (χ3v) is 4.41. The molecule has 0 aliphatic rings. The Balaban J connectivity index is 0. The van der Waals surface area contributed by atoms with Gasteiger partial charge in [-0.2, -0.15) is 29.9 Å². The van der Waals surface area contributed by atoms with E-state index in [4.69, 9.17) is 58.0 Å². The Hall–Kier alpha value is -0.984. The predicted octanol–water partition coefficient (Wildman–Crippen LogP) is 7.25. The summed E-state index contributed by atoms with van der Waals surface area (Å²) in [7, 11) is 0. The molecule has 0 aliphatic heterocycles. The van der Waals surface area contributed by atoms with Crippen molar-refractivity contribution in [2.24, 2.45) is 0 Å². The molecular formula is C18H10BrCl5F2MgN6. The monoisotopic (exact) mass is 626 g/mol. The van der Waals surface area contributed by atoms with Gasteiger partial charge in [-0.25, -0.2) is 8.78 Å². The quantitative estimate of drug-likeness (QED) is 0.207. The summed E-state index contributed by atoms with van der Waals surface area (Å²) in [5.41, 5.74) is 0.627. The van der Waals surface area contributed by atoms with Crippen LogP contribution >= 0.6 is 73.9 Å². The molecule has 0 N–H and O–H groups in total. The summed E-state index contributed by atoms with van der Waals surface area (Å²) < 4.78 is 25.6. The molecule has 4 rings (SSSR count). The molecule has 6 nitrogen and oxygen atoms in total. The van der Waals surface area contributed by atoms with Crippen molar-refractivity contribution in [2.45, 2.75) is 0 Å². The van der Waals surface area contributed by atoms with Crippen molar-refractivity contribution >= 4 is 97.0 Å². The van der Waals surface area contributed by atoms with E-state index in [0.717, 1.165) is 4.47 Å². The van der Waals surface area contributed by atoms with Gasteiger partial charge >= 0.3 is 23.1 Å². The van der Waals surface area contributed by atoms with E-state index in [1.807, 2.05) is 0 Å². The molecule has 0 radical (unpaired) electrons. The largest absolute Gasteiger partial charge is 2.00 e. The first-order valence-electron chi connectivity index (χ1n) is 8.09. The van der Waals surface area contributed by atoms with Crippen LogP contribution in [0.5, 0.6) is 0 Å². The van der Waals surface area contributed by atoms with E-state index in [2.05, 4.69) is 45.8 Å². The molecule has 0 spiro atoms. The Morgan fingerprint density at radius 3 is 1.18 bits per heavy atom. The molecule has 0 bridgehead atoms. The summed E-state index contributed by atoms with van der Waals surface area (Å²) in [5.74, 6) is -0.210. The molecule has 2 aromatic heterocycles. The van der Waals surface area contributed by atoms with Crippen LogP contribution in [0.25, 0.3) is 11.4 Å². The van der Waals surface area contributed by atoms with Gasteiger partial charge in [0.15, 0.2) is 5.82 Å². The number of hydrogen-bond donors (Lipinski definition) is 0. The molecule has 4 aromatic rings. The van der Waals surface area contributed by atoms with Crippen molar-refractivity contribution in [3.05, 3.63) is 91.1 Å². The molecule has 2 heterocycles. The zero-order valence-corrected chi connectivity index (χ0v) is 22.8. The van der Waals surface area contributed by atoms with E-state index in [0.29, 0.717) is 11.4 Å². The number of halogens is 8. The van der Waals surface area contributed by atoms with Crippen molar-refractivity contribution < 1.29 is 11.6 Å². The summed E-state index contributed by atoms with van der Waals surface area (Å²) in [6, 6.07) is 11.8. The smallest absolute Gasteiger partial charge is 1.00 e. The minimum atomic E-state index is -0.329. The van der Waals surface area contributed by atoms with Gasteiger partial charge in [0.1, 0.15) is 11.6 Å². The van der Waals surface area contributed by atoms with Crippen LogP contribution in [0.4, 0.5) is 8.78 Å². The number of benzene rings is 2. The third-order valence-electron chi connectivity index (χ3n) is 3.04. The molecule has 0 unspecified atom stereocenters. The molecule has 0 aliphatic carbocycles. The zero-order valence-electron chi connectivity index (χ0n) is 18.0. The van der Waals surface area contributed by atoms with Gasteiger partial charge < -0.3 is 2.85 Å². The second kappa shape index (κ2) is 15.1. The van der Waals surface area contributed by atoms with Crippen LogP contribution in [0, 0.1) is 11.6 Å². The molecule has 15 heteroatoms. The zero-order chi connectivity index (χ0) is 23.7. The fourth-order valence-electron chi connectivity index (χ4n) is 1.79. The standard InChI is InChI=1S/C9H4Cl2FN3.C6H4BrF.C3Cl3N3.Mg.2H/c10-8-13-7(14-9(11)15-8)5-1-3-6(12)4-2-5;7-5-1-3-6(8)4-2-5;4-1-7-2(5)9-3(6)8-1;;;/h1-4H;1-4H;;;;/q;;;+2;2*-1. The number of hydrogen-bond acceptors (Lipinski definition) is 6. The third kappa shape index (κ3) is 11.8. The Morgan fingerprint density at radius 1 is 0.545 bits per heavy atom. The normalized spacial score (nSPS) is 9.58. The van der Waals surface area contributed by atoms with Gasteiger partial charge in [0, 0.05) is 10.0 Å². The number of nitrogens with zero attached hydrogens (tertiary/aromatic N) is 6. The summed E-state index contributed by atoms with van der Waals surface area (Å²) in [6.45, 7) is 0. The number of aromatic nitrogens is 6. The molecule has 0 fully saturated rings. The van der Waals surface area contributed by atoms with E-state index < -0.39 is 0 Å². The van der Waals surface area contributed by atoms with Crippen molar-refractivity contribution in [2.75, 3.05) is 0 Å². The van der Waals surface area contributed by atoms with Crippen LogP contribution < -0.4 is 0 Å². The average Bonchev–Trinajstić information content (AvgIpc) is 2.70.